The van der Waals surface area contributed by atoms with E-state index < -0.39 is 23.5 Å². The molecular formula is C22H30O6. The molecule has 154 valence electrons. The Morgan fingerprint density at radius 2 is 1.46 bits per heavy atom. The largest absolute Gasteiger partial charge is 0.514 e. The summed E-state index contributed by atoms with van der Waals surface area (Å²) in [5.74, 6) is 0.125. The zero-order valence-corrected chi connectivity index (χ0v) is 18.0. The molecule has 1 aromatic rings. The number of carbonyl (C=O) groups is 2. The topological polar surface area (TPSA) is 71.1 Å². The van der Waals surface area contributed by atoms with E-state index in [1.54, 1.807) is 60.6 Å². The minimum atomic E-state index is -0.904. The second-order valence-electron chi connectivity index (χ2n) is 8.17. The monoisotopic (exact) mass is 390 g/mol. The lowest BCUT2D eigenvalue weighted by atomic mass is 9.99. The summed E-state index contributed by atoms with van der Waals surface area (Å²) in [6.45, 7) is 17.8. The molecule has 1 aromatic carbocycles. The Kier molecular flexibility index (Phi) is 7.44. The maximum absolute atomic E-state index is 12.2. The molecule has 0 N–H and O–H groups in total. The second-order valence-corrected chi connectivity index (χ2v) is 8.17. The van der Waals surface area contributed by atoms with Gasteiger partial charge < -0.3 is 18.9 Å². The molecule has 6 heteroatoms. The number of benzene rings is 1. The SMILES string of the molecule is C=Cc1c(/C=C\C)cc(OC(=O)OC(C)(C)C)c(OC(=O)OC(C)(C)C)c1C. The van der Waals surface area contributed by atoms with Crippen LogP contribution in [0.4, 0.5) is 9.59 Å². The molecule has 6 nitrogen and oxygen atoms in total. The predicted molar refractivity (Wildman–Crippen MR) is 110 cm³/mol. The lowest BCUT2D eigenvalue weighted by Gasteiger charge is -2.22. The molecule has 0 aromatic heterocycles. The van der Waals surface area contributed by atoms with Gasteiger partial charge in [-0.15, -0.1) is 0 Å². The Balaban J connectivity index is 3.41. The Bertz CT molecular complexity index is 776. The second kappa shape index (κ2) is 8.95. The fourth-order valence-corrected chi connectivity index (χ4v) is 2.31. The Morgan fingerprint density at radius 1 is 0.964 bits per heavy atom. The number of rotatable bonds is 4. The highest BCUT2D eigenvalue weighted by Gasteiger charge is 2.25. The van der Waals surface area contributed by atoms with Gasteiger partial charge in [0.2, 0.25) is 0 Å². The number of allylic oxidation sites excluding steroid dienone is 1. The summed E-state index contributed by atoms with van der Waals surface area (Å²) in [6, 6.07) is 1.59. The molecule has 0 radical (unpaired) electrons. The van der Waals surface area contributed by atoms with E-state index >= 15 is 0 Å². The zero-order chi connectivity index (χ0) is 21.7. The fraction of sp³-hybridized carbons (Fsp3) is 0.455. The molecule has 1 rings (SSSR count). The molecule has 0 spiro atoms. The highest BCUT2D eigenvalue weighted by Crippen LogP contribution is 2.38. The van der Waals surface area contributed by atoms with Crippen molar-refractivity contribution in [3.05, 3.63) is 35.4 Å². The van der Waals surface area contributed by atoms with E-state index in [0.717, 1.165) is 11.1 Å². The molecule has 0 saturated carbocycles. The van der Waals surface area contributed by atoms with Gasteiger partial charge in [0, 0.05) is 5.56 Å². The van der Waals surface area contributed by atoms with Gasteiger partial charge in [0.05, 0.1) is 0 Å². The number of ether oxygens (including phenoxy) is 4. The van der Waals surface area contributed by atoms with E-state index in [2.05, 4.69) is 6.58 Å². The van der Waals surface area contributed by atoms with Crippen LogP contribution in [0.1, 0.15) is 65.2 Å². The van der Waals surface area contributed by atoms with E-state index in [4.69, 9.17) is 18.9 Å². The van der Waals surface area contributed by atoms with Crippen molar-refractivity contribution in [2.24, 2.45) is 0 Å². The van der Waals surface area contributed by atoms with E-state index in [1.165, 1.54) is 0 Å². The Morgan fingerprint density at radius 3 is 1.89 bits per heavy atom. The summed E-state index contributed by atoms with van der Waals surface area (Å²) in [5, 5.41) is 0. The molecule has 28 heavy (non-hydrogen) atoms. The third-order valence-electron chi connectivity index (χ3n) is 3.27. The summed E-state index contributed by atoms with van der Waals surface area (Å²) in [7, 11) is 0. The van der Waals surface area contributed by atoms with E-state index in [9.17, 15) is 9.59 Å². The van der Waals surface area contributed by atoms with Gasteiger partial charge in [0.25, 0.3) is 0 Å². The summed E-state index contributed by atoms with van der Waals surface area (Å²) >= 11 is 0. The van der Waals surface area contributed by atoms with Gasteiger partial charge in [-0.2, -0.15) is 0 Å². The molecule has 0 atom stereocenters. The van der Waals surface area contributed by atoms with E-state index in [0.29, 0.717) is 5.56 Å². The Hall–Kier alpha value is -2.76. The van der Waals surface area contributed by atoms with Crippen LogP contribution in [-0.4, -0.2) is 23.5 Å². The zero-order valence-electron chi connectivity index (χ0n) is 18.0. The fourth-order valence-electron chi connectivity index (χ4n) is 2.31. The molecule has 0 aliphatic rings. The average Bonchev–Trinajstić information content (AvgIpc) is 2.48. The van der Waals surface area contributed by atoms with Crippen LogP contribution < -0.4 is 9.47 Å². The molecule has 0 fully saturated rings. The van der Waals surface area contributed by atoms with Crippen LogP contribution >= 0.6 is 0 Å². The molecule has 0 amide bonds. The first-order valence-electron chi connectivity index (χ1n) is 9.01. The molecular weight excluding hydrogens is 360 g/mol. The van der Waals surface area contributed by atoms with Crippen LogP contribution in [0.3, 0.4) is 0 Å². The first kappa shape index (κ1) is 23.3. The molecule has 0 saturated heterocycles. The van der Waals surface area contributed by atoms with Crippen LogP contribution in [0.5, 0.6) is 11.5 Å². The average molecular weight is 390 g/mol. The van der Waals surface area contributed by atoms with Crippen LogP contribution in [-0.2, 0) is 9.47 Å². The third-order valence-corrected chi connectivity index (χ3v) is 3.27. The Labute approximate surface area is 167 Å². The normalized spacial score (nSPS) is 11.9. The van der Waals surface area contributed by atoms with Crippen molar-refractivity contribution in [2.75, 3.05) is 0 Å². The van der Waals surface area contributed by atoms with Crippen LogP contribution in [0.2, 0.25) is 0 Å². The first-order valence-corrected chi connectivity index (χ1v) is 9.01. The lowest BCUT2D eigenvalue weighted by molar-refractivity contribution is 0.0136. The van der Waals surface area contributed by atoms with Gasteiger partial charge in [0.1, 0.15) is 11.2 Å². The van der Waals surface area contributed by atoms with Gasteiger partial charge in [-0.3, -0.25) is 0 Å². The van der Waals surface area contributed by atoms with Crippen molar-refractivity contribution in [3.63, 3.8) is 0 Å². The summed E-state index contributed by atoms with van der Waals surface area (Å²) in [6.07, 6.45) is 3.51. The van der Waals surface area contributed by atoms with Gasteiger partial charge in [-0.1, -0.05) is 24.8 Å². The van der Waals surface area contributed by atoms with Crippen molar-refractivity contribution >= 4 is 24.5 Å². The summed E-state index contributed by atoms with van der Waals surface area (Å²) in [5.41, 5.74) is 0.614. The number of hydrogen-bond acceptors (Lipinski definition) is 6. The number of carbonyl (C=O) groups excluding carboxylic acids is 2. The maximum atomic E-state index is 12.2. The number of hydrogen-bond donors (Lipinski definition) is 0. The predicted octanol–water partition coefficient (Wildman–Crippen LogP) is 6.30. The van der Waals surface area contributed by atoms with Crippen molar-refractivity contribution < 1.29 is 28.5 Å². The third kappa shape index (κ3) is 7.10. The minimum Gasteiger partial charge on any atom is -0.428 e. The minimum absolute atomic E-state index is 0.0521. The highest BCUT2D eigenvalue weighted by molar-refractivity contribution is 5.77. The molecule has 0 aliphatic heterocycles. The maximum Gasteiger partial charge on any atom is 0.514 e. The first-order chi connectivity index (χ1) is 12.8. The molecule has 0 aliphatic carbocycles. The van der Waals surface area contributed by atoms with E-state index in [1.807, 2.05) is 19.1 Å². The van der Waals surface area contributed by atoms with Gasteiger partial charge in [0.15, 0.2) is 11.5 Å². The van der Waals surface area contributed by atoms with E-state index in [-0.39, 0.29) is 11.5 Å². The van der Waals surface area contributed by atoms with Crippen LogP contribution in [0, 0.1) is 6.92 Å². The smallest absolute Gasteiger partial charge is 0.428 e. The van der Waals surface area contributed by atoms with Crippen molar-refractivity contribution in [1.82, 2.24) is 0 Å². The summed E-state index contributed by atoms with van der Waals surface area (Å²) < 4.78 is 21.2. The standard InChI is InChI=1S/C22H30O6/c1-10-12-15-13-17(25-19(23)27-21(4,5)6)18(14(3)16(15)11-2)26-20(24)28-22(7,8)9/h10-13H,2H2,1,3-9H3/b12-10-. The molecule has 0 heterocycles. The lowest BCUT2D eigenvalue weighted by Crippen LogP contribution is -2.27. The summed E-state index contributed by atoms with van der Waals surface area (Å²) in [4.78, 5) is 24.4. The highest BCUT2D eigenvalue weighted by atomic mass is 16.8. The van der Waals surface area contributed by atoms with Gasteiger partial charge in [-0.25, -0.2) is 9.59 Å². The molecule has 0 unspecified atom stereocenters. The van der Waals surface area contributed by atoms with Gasteiger partial charge >= 0.3 is 12.3 Å². The van der Waals surface area contributed by atoms with Crippen molar-refractivity contribution in [1.29, 1.82) is 0 Å². The van der Waals surface area contributed by atoms with Gasteiger partial charge in [-0.05, 0) is 72.6 Å². The molecule has 0 bridgehead atoms. The van der Waals surface area contributed by atoms with Crippen LogP contribution in [0.15, 0.2) is 18.7 Å². The van der Waals surface area contributed by atoms with Crippen LogP contribution in [0.25, 0.3) is 12.2 Å². The van der Waals surface area contributed by atoms with Crippen molar-refractivity contribution in [3.8, 4) is 11.5 Å². The quantitative estimate of drug-likeness (QED) is 0.444. The van der Waals surface area contributed by atoms with Crippen molar-refractivity contribution in [2.45, 2.75) is 66.6 Å².